The number of hydrogen-bond donors (Lipinski definition) is 1. The first kappa shape index (κ1) is 12.0. The third-order valence-corrected chi connectivity index (χ3v) is 3.12. The highest BCUT2D eigenvalue weighted by atomic mass is 19.2. The van der Waals surface area contributed by atoms with Gasteiger partial charge in [0.05, 0.1) is 0 Å². The van der Waals surface area contributed by atoms with Crippen molar-refractivity contribution in [2.24, 2.45) is 0 Å². The van der Waals surface area contributed by atoms with Crippen molar-refractivity contribution >= 4 is 5.91 Å². The van der Waals surface area contributed by atoms with Crippen LogP contribution in [-0.4, -0.2) is 11.9 Å². The summed E-state index contributed by atoms with van der Waals surface area (Å²) in [5.41, 5.74) is 0.175. The summed E-state index contributed by atoms with van der Waals surface area (Å²) in [6.07, 6.45) is 5.37. The highest BCUT2D eigenvalue weighted by Gasteiger charge is 2.17. The number of nitrogens with one attached hydrogen (secondary N) is 1. The molecule has 0 radical (unpaired) electrons. The lowest BCUT2D eigenvalue weighted by atomic mass is 9.95. The van der Waals surface area contributed by atoms with E-state index >= 15 is 0 Å². The maximum absolute atomic E-state index is 13.0. The molecule has 0 saturated heterocycles. The van der Waals surface area contributed by atoms with Gasteiger partial charge in [0.15, 0.2) is 11.6 Å². The number of carbonyl (C=O) groups is 1. The molecule has 4 heteroatoms. The molecule has 0 atom stereocenters. The van der Waals surface area contributed by atoms with Gasteiger partial charge in [-0.1, -0.05) is 19.3 Å². The van der Waals surface area contributed by atoms with E-state index in [1.54, 1.807) is 0 Å². The fourth-order valence-corrected chi connectivity index (χ4v) is 2.15. The molecule has 92 valence electrons. The quantitative estimate of drug-likeness (QED) is 0.844. The van der Waals surface area contributed by atoms with Crippen LogP contribution in [0.5, 0.6) is 0 Å². The topological polar surface area (TPSA) is 29.1 Å². The van der Waals surface area contributed by atoms with Crippen molar-refractivity contribution in [2.45, 2.75) is 38.1 Å². The molecule has 0 aliphatic heterocycles. The van der Waals surface area contributed by atoms with E-state index in [9.17, 15) is 13.6 Å². The summed E-state index contributed by atoms with van der Waals surface area (Å²) in [7, 11) is 0. The second kappa shape index (κ2) is 5.25. The summed E-state index contributed by atoms with van der Waals surface area (Å²) in [5, 5.41) is 2.85. The van der Waals surface area contributed by atoms with E-state index < -0.39 is 11.6 Å². The average Bonchev–Trinajstić information content (AvgIpc) is 2.34. The van der Waals surface area contributed by atoms with Crippen LogP contribution >= 0.6 is 0 Å². The fraction of sp³-hybridized carbons (Fsp3) is 0.462. The second-order valence-corrected chi connectivity index (χ2v) is 4.44. The molecule has 0 spiro atoms. The largest absolute Gasteiger partial charge is 0.349 e. The van der Waals surface area contributed by atoms with Crippen LogP contribution in [0.15, 0.2) is 18.2 Å². The molecule has 1 fully saturated rings. The van der Waals surface area contributed by atoms with Crippen molar-refractivity contribution in [3.8, 4) is 0 Å². The van der Waals surface area contributed by atoms with Gasteiger partial charge in [-0.2, -0.15) is 0 Å². The lowest BCUT2D eigenvalue weighted by Crippen LogP contribution is -2.36. The second-order valence-electron chi connectivity index (χ2n) is 4.44. The van der Waals surface area contributed by atoms with Crippen LogP contribution in [0.2, 0.25) is 0 Å². The Balaban J connectivity index is 2.01. The molecule has 0 aromatic heterocycles. The Kier molecular flexibility index (Phi) is 3.71. The maximum Gasteiger partial charge on any atom is 0.251 e. The summed E-state index contributed by atoms with van der Waals surface area (Å²) in [6, 6.07) is 3.39. The molecular weight excluding hydrogens is 224 g/mol. The SMILES string of the molecule is O=C(NC1CCCCC1)c1ccc(F)c(F)c1. The van der Waals surface area contributed by atoms with Crippen LogP contribution in [0.3, 0.4) is 0 Å². The van der Waals surface area contributed by atoms with Crippen LogP contribution in [0.1, 0.15) is 42.5 Å². The van der Waals surface area contributed by atoms with Crippen molar-refractivity contribution in [1.82, 2.24) is 5.32 Å². The lowest BCUT2D eigenvalue weighted by molar-refractivity contribution is 0.0927. The van der Waals surface area contributed by atoms with Crippen molar-refractivity contribution in [1.29, 1.82) is 0 Å². The summed E-state index contributed by atoms with van der Waals surface area (Å²) in [4.78, 5) is 11.8. The average molecular weight is 239 g/mol. The van der Waals surface area contributed by atoms with Crippen molar-refractivity contribution in [3.63, 3.8) is 0 Å². The third kappa shape index (κ3) is 3.02. The first-order chi connectivity index (χ1) is 8.16. The monoisotopic (exact) mass is 239 g/mol. The molecule has 0 unspecified atom stereocenters. The zero-order valence-corrected chi connectivity index (χ0v) is 9.51. The lowest BCUT2D eigenvalue weighted by Gasteiger charge is -2.22. The molecule has 2 nitrogen and oxygen atoms in total. The summed E-state index contributed by atoms with van der Waals surface area (Å²) in [5.74, 6) is -2.24. The smallest absolute Gasteiger partial charge is 0.251 e. The van der Waals surface area contributed by atoms with Gasteiger partial charge in [0, 0.05) is 11.6 Å². The molecule has 1 saturated carbocycles. The zero-order valence-electron chi connectivity index (χ0n) is 9.51. The molecule has 1 aliphatic carbocycles. The predicted octanol–water partition coefficient (Wildman–Crippen LogP) is 3.03. The summed E-state index contributed by atoms with van der Waals surface area (Å²) < 4.78 is 25.7. The van der Waals surface area contributed by atoms with Crippen molar-refractivity contribution in [2.75, 3.05) is 0 Å². The van der Waals surface area contributed by atoms with E-state index in [4.69, 9.17) is 0 Å². The van der Waals surface area contributed by atoms with E-state index in [1.807, 2.05) is 0 Å². The van der Waals surface area contributed by atoms with E-state index in [0.29, 0.717) is 0 Å². The van der Waals surface area contributed by atoms with Gasteiger partial charge in [-0.15, -0.1) is 0 Å². The van der Waals surface area contributed by atoms with Crippen LogP contribution in [0.25, 0.3) is 0 Å². The molecule has 0 heterocycles. The van der Waals surface area contributed by atoms with Crippen molar-refractivity contribution in [3.05, 3.63) is 35.4 Å². The van der Waals surface area contributed by atoms with Crippen LogP contribution in [0, 0.1) is 11.6 Å². The number of amides is 1. The minimum Gasteiger partial charge on any atom is -0.349 e. The standard InChI is InChI=1S/C13H15F2NO/c14-11-7-6-9(8-12(11)15)13(17)16-10-4-2-1-3-5-10/h6-8,10H,1-5H2,(H,16,17). The van der Waals surface area contributed by atoms with Crippen LogP contribution in [-0.2, 0) is 0 Å². The Morgan fingerprint density at radius 2 is 1.82 bits per heavy atom. The Bertz CT molecular complexity index is 414. The van der Waals surface area contributed by atoms with Gasteiger partial charge in [-0.25, -0.2) is 8.78 Å². The molecule has 0 bridgehead atoms. The van der Waals surface area contributed by atoms with Crippen molar-refractivity contribution < 1.29 is 13.6 Å². The Hall–Kier alpha value is -1.45. The third-order valence-electron chi connectivity index (χ3n) is 3.12. The van der Waals surface area contributed by atoms with Gasteiger partial charge in [0.25, 0.3) is 5.91 Å². The number of hydrogen-bond acceptors (Lipinski definition) is 1. The van der Waals surface area contributed by atoms with E-state index in [0.717, 1.165) is 37.8 Å². The first-order valence-corrected chi connectivity index (χ1v) is 5.93. The number of halogens is 2. The molecule has 1 aromatic carbocycles. The molecule has 1 aromatic rings. The Labute approximate surface area is 99.0 Å². The zero-order chi connectivity index (χ0) is 12.3. The highest BCUT2D eigenvalue weighted by molar-refractivity contribution is 5.94. The molecule has 2 rings (SSSR count). The highest BCUT2D eigenvalue weighted by Crippen LogP contribution is 2.18. The van der Waals surface area contributed by atoms with Gasteiger partial charge < -0.3 is 5.32 Å². The van der Waals surface area contributed by atoms with E-state index in [-0.39, 0.29) is 17.5 Å². The van der Waals surface area contributed by atoms with E-state index in [1.165, 1.54) is 12.5 Å². The van der Waals surface area contributed by atoms with E-state index in [2.05, 4.69) is 5.32 Å². The Morgan fingerprint density at radius 1 is 1.12 bits per heavy atom. The molecule has 1 N–H and O–H groups in total. The minimum absolute atomic E-state index is 0.171. The molecule has 17 heavy (non-hydrogen) atoms. The van der Waals surface area contributed by atoms with Gasteiger partial charge in [-0.3, -0.25) is 4.79 Å². The molecule has 1 aliphatic rings. The number of carbonyl (C=O) groups excluding carboxylic acids is 1. The van der Waals surface area contributed by atoms with Gasteiger partial charge in [-0.05, 0) is 31.0 Å². The fourth-order valence-electron chi connectivity index (χ4n) is 2.15. The Morgan fingerprint density at radius 3 is 2.47 bits per heavy atom. The summed E-state index contributed by atoms with van der Waals surface area (Å²) >= 11 is 0. The number of benzene rings is 1. The van der Waals surface area contributed by atoms with Gasteiger partial charge in [0.2, 0.25) is 0 Å². The van der Waals surface area contributed by atoms with Crippen LogP contribution < -0.4 is 5.32 Å². The first-order valence-electron chi connectivity index (χ1n) is 5.93. The molecule has 1 amide bonds. The predicted molar refractivity (Wildman–Crippen MR) is 60.7 cm³/mol. The number of rotatable bonds is 2. The molecular formula is C13H15F2NO. The minimum atomic E-state index is -0.985. The maximum atomic E-state index is 13.0. The van der Waals surface area contributed by atoms with Gasteiger partial charge in [0.1, 0.15) is 0 Å². The van der Waals surface area contributed by atoms with Gasteiger partial charge >= 0.3 is 0 Å². The summed E-state index contributed by atoms with van der Waals surface area (Å²) in [6.45, 7) is 0. The normalized spacial score (nSPS) is 16.8. The van der Waals surface area contributed by atoms with Crippen LogP contribution in [0.4, 0.5) is 8.78 Å².